The fourth-order valence-electron chi connectivity index (χ4n) is 3.18. The van der Waals surface area contributed by atoms with Crippen LogP contribution in [0.4, 0.5) is 5.69 Å². The van der Waals surface area contributed by atoms with E-state index in [1.54, 1.807) is 11.0 Å². The summed E-state index contributed by atoms with van der Waals surface area (Å²) in [5.41, 5.74) is 2.09. The maximum atomic E-state index is 12.8. The van der Waals surface area contributed by atoms with Crippen molar-refractivity contribution in [3.05, 3.63) is 59.7 Å². The third-order valence-corrected chi connectivity index (χ3v) is 4.48. The fourth-order valence-corrected chi connectivity index (χ4v) is 3.18. The zero-order chi connectivity index (χ0) is 19.6. The van der Waals surface area contributed by atoms with Crippen LogP contribution in [0.5, 0.6) is 11.5 Å². The molecular weight excluding hydrogens is 338 g/mol. The zero-order valence-electron chi connectivity index (χ0n) is 16.4. The summed E-state index contributed by atoms with van der Waals surface area (Å²) in [6, 6.07) is 13.3. The third kappa shape index (κ3) is 4.51. The topological polar surface area (TPSA) is 49.8 Å². The molecular formula is C23H27NO3. The lowest BCUT2D eigenvalue weighted by Crippen LogP contribution is -2.31. The van der Waals surface area contributed by atoms with E-state index < -0.39 is 5.60 Å². The molecule has 0 unspecified atom stereocenters. The molecule has 1 amide bonds. The molecule has 2 aromatic rings. The number of aromatic hydroxyl groups is 1. The molecule has 0 aliphatic carbocycles. The summed E-state index contributed by atoms with van der Waals surface area (Å²) in [4.78, 5) is 14.6. The molecule has 4 nitrogen and oxygen atoms in total. The van der Waals surface area contributed by atoms with Gasteiger partial charge in [0.2, 0.25) is 5.91 Å². The molecule has 27 heavy (non-hydrogen) atoms. The van der Waals surface area contributed by atoms with E-state index in [0.717, 1.165) is 16.8 Å². The number of hydrogen-bond acceptors (Lipinski definition) is 3. The summed E-state index contributed by atoms with van der Waals surface area (Å²) in [6.45, 7) is 8.36. The van der Waals surface area contributed by atoms with Crippen LogP contribution in [-0.4, -0.2) is 16.6 Å². The zero-order valence-corrected chi connectivity index (χ0v) is 16.4. The van der Waals surface area contributed by atoms with E-state index in [9.17, 15) is 9.90 Å². The summed E-state index contributed by atoms with van der Waals surface area (Å²) in [7, 11) is 0. The molecule has 142 valence electrons. The van der Waals surface area contributed by atoms with E-state index in [2.05, 4.69) is 0 Å². The molecule has 3 rings (SSSR count). The number of carbonyl (C=O) groups excluding carboxylic acids is 1. The standard InChI is InChI=1S/C23H27NO3/c1-16(2)12-21(26)24(19-8-6-5-7-9-19)15-17-13-18-10-11-23(3,4)27-22(18)20(25)14-17/h5-11,13-14,16,25H,12,15H2,1-4H3. The Morgan fingerprint density at radius 2 is 1.89 bits per heavy atom. The van der Waals surface area contributed by atoms with Crippen LogP contribution in [0, 0.1) is 5.92 Å². The minimum atomic E-state index is -0.449. The summed E-state index contributed by atoms with van der Waals surface area (Å²) in [5, 5.41) is 10.5. The molecule has 0 fully saturated rings. The molecule has 1 aliphatic heterocycles. The number of fused-ring (bicyclic) bond motifs is 1. The lowest BCUT2D eigenvalue weighted by molar-refractivity contribution is -0.119. The maximum Gasteiger partial charge on any atom is 0.227 e. The van der Waals surface area contributed by atoms with Gasteiger partial charge >= 0.3 is 0 Å². The van der Waals surface area contributed by atoms with Crippen LogP contribution in [0.1, 0.15) is 45.2 Å². The van der Waals surface area contributed by atoms with Gasteiger partial charge < -0.3 is 14.7 Å². The molecule has 4 heteroatoms. The van der Waals surface area contributed by atoms with Crippen LogP contribution in [0.25, 0.3) is 6.08 Å². The first-order chi connectivity index (χ1) is 12.7. The van der Waals surface area contributed by atoms with Gasteiger partial charge in [0.05, 0.1) is 6.54 Å². The second-order valence-corrected chi connectivity index (χ2v) is 7.99. The molecule has 0 saturated carbocycles. The van der Waals surface area contributed by atoms with Crippen molar-refractivity contribution < 1.29 is 14.6 Å². The SMILES string of the molecule is CC(C)CC(=O)N(Cc1cc(O)c2c(c1)C=CC(C)(C)O2)c1ccccc1. The molecule has 0 bridgehead atoms. The van der Waals surface area contributed by atoms with Gasteiger partial charge in [-0.25, -0.2) is 0 Å². The predicted molar refractivity (Wildman–Crippen MR) is 109 cm³/mol. The molecule has 2 aromatic carbocycles. The molecule has 1 aliphatic rings. The van der Waals surface area contributed by atoms with Gasteiger partial charge in [0.15, 0.2) is 11.5 Å². The maximum absolute atomic E-state index is 12.8. The summed E-state index contributed by atoms with van der Waals surface area (Å²) in [6.07, 6.45) is 4.41. The number of ether oxygens (including phenoxy) is 1. The lowest BCUT2D eigenvalue weighted by atomic mass is 9.99. The van der Waals surface area contributed by atoms with Crippen molar-refractivity contribution >= 4 is 17.7 Å². The Labute approximate surface area is 161 Å². The lowest BCUT2D eigenvalue weighted by Gasteiger charge is -2.29. The van der Waals surface area contributed by atoms with Crippen LogP contribution in [0.2, 0.25) is 0 Å². The van der Waals surface area contributed by atoms with E-state index in [1.165, 1.54) is 0 Å². The summed E-state index contributed by atoms with van der Waals surface area (Å²) < 4.78 is 5.88. The summed E-state index contributed by atoms with van der Waals surface area (Å²) in [5.74, 6) is 0.941. The fraction of sp³-hybridized carbons (Fsp3) is 0.348. The first kappa shape index (κ1) is 19.0. The Morgan fingerprint density at radius 3 is 2.56 bits per heavy atom. The van der Waals surface area contributed by atoms with Gasteiger partial charge in [-0.05, 0) is 55.7 Å². The van der Waals surface area contributed by atoms with E-state index >= 15 is 0 Å². The van der Waals surface area contributed by atoms with E-state index in [1.807, 2.05) is 76.2 Å². The quantitative estimate of drug-likeness (QED) is 0.796. The average Bonchev–Trinajstić information content (AvgIpc) is 2.60. The van der Waals surface area contributed by atoms with Crippen LogP contribution in [0.3, 0.4) is 0 Å². The minimum absolute atomic E-state index is 0.0707. The predicted octanol–water partition coefficient (Wildman–Crippen LogP) is 5.16. The normalized spacial score (nSPS) is 14.6. The van der Waals surface area contributed by atoms with Gasteiger partial charge in [-0.1, -0.05) is 38.1 Å². The van der Waals surface area contributed by atoms with E-state index in [-0.39, 0.29) is 17.6 Å². The van der Waals surface area contributed by atoms with Crippen molar-refractivity contribution in [3.8, 4) is 11.5 Å². The number of rotatable bonds is 5. The van der Waals surface area contributed by atoms with Crippen LogP contribution < -0.4 is 9.64 Å². The smallest absolute Gasteiger partial charge is 0.227 e. The Morgan fingerprint density at radius 1 is 1.19 bits per heavy atom. The Bertz CT molecular complexity index is 853. The van der Waals surface area contributed by atoms with Crippen LogP contribution >= 0.6 is 0 Å². The number of phenols is 1. The number of hydrogen-bond donors (Lipinski definition) is 1. The molecule has 0 atom stereocenters. The highest BCUT2D eigenvalue weighted by atomic mass is 16.5. The van der Waals surface area contributed by atoms with E-state index in [0.29, 0.717) is 18.7 Å². The van der Waals surface area contributed by atoms with Gasteiger partial charge in [0.25, 0.3) is 0 Å². The van der Waals surface area contributed by atoms with Crippen molar-refractivity contribution in [1.82, 2.24) is 0 Å². The first-order valence-corrected chi connectivity index (χ1v) is 9.35. The summed E-state index contributed by atoms with van der Waals surface area (Å²) >= 11 is 0. The highest BCUT2D eigenvalue weighted by molar-refractivity contribution is 5.93. The van der Waals surface area contributed by atoms with Crippen LogP contribution in [0.15, 0.2) is 48.5 Å². The number of nitrogens with zero attached hydrogens (tertiary/aromatic N) is 1. The van der Waals surface area contributed by atoms with Crippen molar-refractivity contribution in [1.29, 1.82) is 0 Å². The monoisotopic (exact) mass is 365 g/mol. The van der Waals surface area contributed by atoms with Crippen LogP contribution in [-0.2, 0) is 11.3 Å². The second kappa shape index (κ2) is 7.47. The number of amides is 1. The molecule has 1 heterocycles. The molecule has 0 spiro atoms. The van der Waals surface area contributed by atoms with Crippen molar-refractivity contribution in [2.45, 2.75) is 46.3 Å². The average molecular weight is 365 g/mol. The van der Waals surface area contributed by atoms with Crippen molar-refractivity contribution in [3.63, 3.8) is 0 Å². The highest BCUT2D eigenvalue weighted by Crippen LogP contribution is 2.39. The first-order valence-electron chi connectivity index (χ1n) is 9.35. The molecule has 0 saturated heterocycles. The Kier molecular flexibility index (Phi) is 5.26. The van der Waals surface area contributed by atoms with Gasteiger partial charge in [-0.2, -0.15) is 0 Å². The number of para-hydroxylation sites is 1. The Balaban J connectivity index is 1.93. The second-order valence-electron chi connectivity index (χ2n) is 7.99. The molecule has 0 radical (unpaired) electrons. The number of phenolic OH excluding ortho intramolecular Hbond substituents is 1. The van der Waals surface area contributed by atoms with Crippen molar-refractivity contribution in [2.75, 3.05) is 4.90 Å². The number of benzene rings is 2. The Hall–Kier alpha value is -2.75. The van der Waals surface area contributed by atoms with E-state index in [4.69, 9.17) is 4.74 Å². The largest absolute Gasteiger partial charge is 0.504 e. The van der Waals surface area contributed by atoms with Crippen molar-refractivity contribution in [2.24, 2.45) is 5.92 Å². The van der Waals surface area contributed by atoms with Gasteiger partial charge in [-0.3, -0.25) is 4.79 Å². The minimum Gasteiger partial charge on any atom is -0.504 e. The van der Waals surface area contributed by atoms with Gasteiger partial charge in [-0.15, -0.1) is 0 Å². The molecule has 0 aromatic heterocycles. The number of anilines is 1. The third-order valence-electron chi connectivity index (χ3n) is 4.48. The highest BCUT2D eigenvalue weighted by Gasteiger charge is 2.25. The number of carbonyl (C=O) groups is 1. The van der Waals surface area contributed by atoms with Gasteiger partial charge in [0, 0.05) is 17.7 Å². The van der Waals surface area contributed by atoms with Gasteiger partial charge in [0.1, 0.15) is 5.60 Å². The molecule has 1 N–H and O–H groups in total.